The van der Waals surface area contributed by atoms with E-state index in [0.717, 1.165) is 0 Å². The maximum atomic E-state index is 13.7. The van der Waals surface area contributed by atoms with Crippen LogP contribution in [0.4, 0.5) is 4.39 Å². The molecule has 1 N–H and O–H groups in total. The van der Waals surface area contributed by atoms with Crippen LogP contribution in [0.3, 0.4) is 0 Å². The molecule has 4 nitrogen and oxygen atoms in total. The zero-order valence-corrected chi connectivity index (χ0v) is 13.8. The highest BCUT2D eigenvalue weighted by atomic mass is 32.2. The highest BCUT2D eigenvalue weighted by molar-refractivity contribution is 7.90. The Morgan fingerprint density at radius 3 is 2.33 bits per heavy atom. The third kappa shape index (κ3) is 6.11. The molecule has 0 saturated carbocycles. The standard InChI is InChI=1S/C15H24FNO3S/c1-15(2,3)17(9-10-21(4,19)20)11-14(18)12-7-5-6-8-13(12)16/h5-8,14,18H,9-11H2,1-4H3. The minimum atomic E-state index is -3.09. The lowest BCUT2D eigenvalue weighted by atomic mass is 10.0. The smallest absolute Gasteiger partial charge is 0.148 e. The summed E-state index contributed by atoms with van der Waals surface area (Å²) in [6, 6.07) is 6.07. The molecule has 0 heterocycles. The molecule has 0 spiro atoms. The molecular weight excluding hydrogens is 293 g/mol. The van der Waals surface area contributed by atoms with Gasteiger partial charge in [0.2, 0.25) is 0 Å². The van der Waals surface area contributed by atoms with Gasteiger partial charge in [-0.05, 0) is 26.8 Å². The number of aliphatic hydroxyl groups excluding tert-OH is 1. The van der Waals surface area contributed by atoms with Gasteiger partial charge in [0.1, 0.15) is 15.7 Å². The van der Waals surface area contributed by atoms with Crippen molar-refractivity contribution in [1.82, 2.24) is 4.90 Å². The number of β-amino-alcohol motifs (C(OH)–C–C–N with tert-alkyl or cyclic N) is 1. The van der Waals surface area contributed by atoms with Gasteiger partial charge in [-0.1, -0.05) is 18.2 Å². The number of rotatable bonds is 6. The highest BCUT2D eigenvalue weighted by Crippen LogP contribution is 2.22. The molecular formula is C15H24FNO3S. The maximum absolute atomic E-state index is 13.7. The SMILES string of the molecule is CC(C)(C)N(CCS(C)(=O)=O)CC(O)c1ccccc1F. The molecule has 0 bridgehead atoms. The van der Waals surface area contributed by atoms with Gasteiger partial charge in [0.05, 0.1) is 11.9 Å². The fraction of sp³-hybridized carbons (Fsp3) is 0.600. The van der Waals surface area contributed by atoms with E-state index >= 15 is 0 Å². The van der Waals surface area contributed by atoms with Crippen molar-refractivity contribution in [3.8, 4) is 0 Å². The normalized spacial score (nSPS) is 14.4. The molecule has 1 rings (SSSR count). The molecule has 0 amide bonds. The largest absolute Gasteiger partial charge is 0.387 e. The van der Waals surface area contributed by atoms with Crippen LogP contribution >= 0.6 is 0 Å². The molecule has 1 unspecified atom stereocenters. The Labute approximate surface area is 126 Å². The first-order valence-electron chi connectivity index (χ1n) is 6.86. The average molecular weight is 317 g/mol. The first-order chi connectivity index (χ1) is 9.50. The first kappa shape index (κ1) is 18.1. The molecule has 0 aromatic heterocycles. The number of benzene rings is 1. The topological polar surface area (TPSA) is 57.6 Å². The van der Waals surface area contributed by atoms with Crippen LogP contribution < -0.4 is 0 Å². The van der Waals surface area contributed by atoms with Gasteiger partial charge in [-0.15, -0.1) is 0 Å². The summed E-state index contributed by atoms with van der Waals surface area (Å²) in [5.74, 6) is -0.448. The fourth-order valence-electron chi connectivity index (χ4n) is 2.03. The van der Waals surface area contributed by atoms with Crippen molar-refractivity contribution in [3.05, 3.63) is 35.6 Å². The van der Waals surface area contributed by atoms with Gasteiger partial charge in [-0.2, -0.15) is 0 Å². The molecule has 21 heavy (non-hydrogen) atoms. The van der Waals surface area contributed by atoms with Crippen molar-refractivity contribution >= 4 is 9.84 Å². The van der Waals surface area contributed by atoms with Gasteiger partial charge in [0, 0.05) is 30.4 Å². The van der Waals surface area contributed by atoms with Crippen molar-refractivity contribution in [2.45, 2.75) is 32.4 Å². The molecule has 0 radical (unpaired) electrons. The summed E-state index contributed by atoms with van der Waals surface area (Å²) in [4.78, 5) is 1.85. The van der Waals surface area contributed by atoms with Gasteiger partial charge in [-0.25, -0.2) is 12.8 Å². The highest BCUT2D eigenvalue weighted by Gasteiger charge is 2.26. The zero-order chi connectivity index (χ0) is 16.3. The third-order valence-electron chi connectivity index (χ3n) is 3.34. The Kier molecular flexibility index (Phi) is 5.90. The predicted octanol–water partition coefficient (Wildman–Crippen LogP) is 2.00. The second-order valence-electron chi connectivity index (χ2n) is 6.28. The number of nitrogens with zero attached hydrogens (tertiary/aromatic N) is 1. The van der Waals surface area contributed by atoms with Crippen molar-refractivity contribution in [3.63, 3.8) is 0 Å². The van der Waals surface area contributed by atoms with Crippen LogP contribution in [0.15, 0.2) is 24.3 Å². The van der Waals surface area contributed by atoms with E-state index in [4.69, 9.17) is 0 Å². The van der Waals surface area contributed by atoms with Crippen LogP contribution in [0.1, 0.15) is 32.4 Å². The van der Waals surface area contributed by atoms with Crippen LogP contribution in [0.25, 0.3) is 0 Å². The Hall–Kier alpha value is -0.980. The quantitative estimate of drug-likeness (QED) is 0.872. The Morgan fingerprint density at radius 1 is 1.29 bits per heavy atom. The van der Waals surface area contributed by atoms with Crippen LogP contribution in [-0.2, 0) is 9.84 Å². The molecule has 0 aliphatic heterocycles. The summed E-state index contributed by atoms with van der Waals surface area (Å²) in [7, 11) is -3.09. The summed E-state index contributed by atoms with van der Waals surface area (Å²) in [5, 5.41) is 10.2. The molecule has 0 aliphatic rings. The fourth-order valence-corrected chi connectivity index (χ4v) is 2.58. The monoisotopic (exact) mass is 317 g/mol. The molecule has 1 atom stereocenters. The van der Waals surface area contributed by atoms with Crippen LogP contribution in [0, 0.1) is 5.82 Å². The van der Waals surface area contributed by atoms with E-state index in [1.807, 2.05) is 25.7 Å². The molecule has 0 fully saturated rings. The Bertz CT molecular complexity index is 567. The number of hydrogen-bond acceptors (Lipinski definition) is 4. The second kappa shape index (κ2) is 6.85. The van der Waals surface area contributed by atoms with E-state index in [0.29, 0.717) is 6.54 Å². The first-order valence-corrected chi connectivity index (χ1v) is 8.92. The van der Waals surface area contributed by atoms with Crippen molar-refractivity contribution in [2.24, 2.45) is 0 Å². The maximum Gasteiger partial charge on any atom is 0.148 e. The summed E-state index contributed by atoms with van der Waals surface area (Å²) in [5.41, 5.74) is -0.0946. The van der Waals surface area contributed by atoms with Gasteiger partial charge < -0.3 is 5.11 Å². The number of halogens is 1. The van der Waals surface area contributed by atoms with E-state index in [1.165, 1.54) is 18.4 Å². The summed E-state index contributed by atoms with van der Waals surface area (Å²) < 4.78 is 36.3. The van der Waals surface area contributed by atoms with Crippen LogP contribution in [0.5, 0.6) is 0 Å². The van der Waals surface area contributed by atoms with E-state index < -0.39 is 21.8 Å². The summed E-state index contributed by atoms with van der Waals surface area (Å²) >= 11 is 0. The lowest BCUT2D eigenvalue weighted by Crippen LogP contribution is -2.46. The molecule has 0 aliphatic carbocycles. The number of aliphatic hydroxyl groups is 1. The van der Waals surface area contributed by atoms with Crippen LogP contribution in [-0.4, -0.2) is 49.1 Å². The van der Waals surface area contributed by atoms with Crippen molar-refractivity contribution < 1.29 is 17.9 Å². The molecule has 1 aromatic rings. The van der Waals surface area contributed by atoms with Gasteiger partial charge >= 0.3 is 0 Å². The molecule has 1 aromatic carbocycles. The summed E-state index contributed by atoms with van der Waals surface area (Å²) in [6.45, 7) is 6.28. The van der Waals surface area contributed by atoms with E-state index in [1.54, 1.807) is 12.1 Å². The predicted molar refractivity (Wildman–Crippen MR) is 82.4 cm³/mol. The third-order valence-corrected chi connectivity index (χ3v) is 4.26. The Balaban J connectivity index is 2.84. The number of hydrogen-bond donors (Lipinski definition) is 1. The zero-order valence-electron chi connectivity index (χ0n) is 13.0. The van der Waals surface area contributed by atoms with Crippen LogP contribution in [0.2, 0.25) is 0 Å². The lowest BCUT2D eigenvalue weighted by molar-refractivity contribution is 0.0613. The molecule has 0 saturated heterocycles. The summed E-state index contributed by atoms with van der Waals surface area (Å²) in [6.07, 6.45) is 0.186. The lowest BCUT2D eigenvalue weighted by Gasteiger charge is -2.37. The van der Waals surface area contributed by atoms with Crippen molar-refractivity contribution in [2.75, 3.05) is 25.1 Å². The molecule has 6 heteroatoms. The van der Waals surface area contributed by atoms with Gasteiger partial charge in [0.25, 0.3) is 0 Å². The van der Waals surface area contributed by atoms with E-state index in [9.17, 15) is 17.9 Å². The minimum Gasteiger partial charge on any atom is -0.387 e. The average Bonchev–Trinajstić information content (AvgIpc) is 2.32. The van der Waals surface area contributed by atoms with Gasteiger partial charge in [-0.3, -0.25) is 4.90 Å². The number of sulfone groups is 1. The second-order valence-corrected chi connectivity index (χ2v) is 8.54. The minimum absolute atomic E-state index is 0.00820. The van der Waals surface area contributed by atoms with E-state index in [2.05, 4.69) is 0 Å². The van der Waals surface area contributed by atoms with Gasteiger partial charge in [0.15, 0.2) is 0 Å². The van der Waals surface area contributed by atoms with Crippen molar-refractivity contribution in [1.29, 1.82) is 0 Å². The van der Waals surface area contributed by atoms with E-state index in [-0.39, 0.29) is 23.4 Å². The Morgan fingerprint density at radius 2 is 1.86 bits per heavy atom. The molecule has 120 valence electrons.